The number of imide groups is 1. The molecule has 0 radical (unpaired) electrons. The van der Waals surface area contributed by atoms with Gasteiger partial charge >= 0.3 is 17.9 Å². The molecule has 4 rings (SSSR count). The Morgan fingerprint density at radius 2 is 0.924 bits per heavy atom. The van der Waals surface area contributed by atoms with Crippen molar-refractivity contribution in [2.75, 3.05) is 38.6 Å². The number of unbranched alkanes of at least 4 members (excludes halogenated alkanes) is 1. The predicted octanol–water partition coefficient (Wildman–Crippen LogP) is 3.05. The molecule has 0 saturated carbocycles. The number of carbonyl (C=O) groups is 20. The number of aliphatic carboxylic acids is 3. The highest BCUT2D eigenvalue weighted by Crippen LogP contribution is 2.30. The first-order chi connectivity index (χ1) is 61.6. The number of ketones is 8. The lowest BCUT2D eigenvalue weighted by molar-refractivity contribution is -0.143. The molecule has 18 N–H and O–H groups in total. The number of hydrogen-bond donors (Lipinski definition) is 17. The van der Waals surface area contributed by atoms with E-state index in [2.05, 4.69) is 37.2 Å². The summed E-state index contributed by atoms with van der Waals surface area (Å²) < 4.78 is 0. The number of nitrogens with one attached hydrogen (secondary N) is 7. The maximum Gasteiger partial charge on any atom is 0.304 e. The molecular formula is C92H129N9O29S. The van der Waals surface area contributed by atoms with Crippen LogP contribution in [0.2, 0.25) is 0 Å². The van der Waals surface area contributed by atoms with Crippen LogP contribution in [0.1, 0.15) is 195 Å². The summed E-state index contributed by atoms with van der Waals surface area (Å²) in [6.07, 6.45) is -10.9. The summed E-state index contributed by atoms with van der Waals surface area (Å²) in [4.78, 5) is 274. The number of carboxylic acids is 3. The van der Waals surface area contributed by atoms with E-state index in [0.29, 0.717) is 36.9 Å². The van der Waals surface area contributed by atoms with Crippen LogP contribution in [-0.4, -0.2) is 255 Å². The Morgan fingerprint density at radius 3 is 1.42 bits per heavy atom. The lowest BCUT2D eigenvalue weighted by Crippen LogP contribution is -2.52. The fraction of sp³-hybridized carbons (Fsp3) is 0.587. The highest BCUT2D eigenvalue weighted by atomic mass is 32.2. The Bertz CT molecular complexity index is 4450. The van der Waals surface area contributed by atoms with Crippen molar-refractivity contribution in [3.8, 4) is 11.5 Å². The third-order valence-electron chi connectivity index (χ3n) is 23.2. The summed E-state index contributed by atoms with van der Waals surface area (Å²) in [7, 11) is 0. The number of aliphatic hydroxyl groups is 4. The van der Waals surface area contributed by atoms with Gasteiger partial charge in [0.05, 0.1) is 110 Å². The lowest BCUT2D eigenvalue weighted by Gasteiger charge is -2.28. The van der Waals surface area contributed by atoms with Crippen molar-refractivity contribution in [1.29, 1.82) is 0 Å². The molecule has 9 amide bonds. The molecule has 1 heterocycles. The third kappa shape index (κ3) is 38.5. The van der Waals surface area contributed by atoms with Gasteiger partial charge in [-0.05, 0) is 145 Å². The second-order valence-electron chi connectivity index (χ2n) is 34.7. The molecule has 0 unspecified atom stereocenters. The molecule has 131 heavy (non-hydrogen) atoms. The Hall–Kier alpha value is -11.4. The zero-order valence-corrected chi connectivity index (χ0v) is 76.4. The normalized spacial score (nSPS) is 15.8. The average molecular weight is 1860 g/mol. The minimum Gasteiger partial charge on any atom is -0.508 e. The first-order valence-corrected chi connectivity index (χ1v) is 44.9. The Labute approximate surface area is 764 Å². The van der Waals surface area contributed by atoms with Gasteiger partial charge in [0.15, 0.2) is 34.7 Å². The van der Waals surface area contributed by atoms with Crippen LogP contribution < -0.4 is 43.0 Å². The Balaban J connectivity index is 1.55. The van der Waals surface area contributed by atoms with Crippen molar-refractivity contribution in [1.82, 2.24) is 42.1 Å². The van der Waals surface area contributed by atoms with Crippen LogP contribution in [0.4, 0.5) is 4.79 Å². The second-order valence-corrected chi connectivity index (χ2v) is 35.7. The van der Waals surface area contributed by atoms with Crippen LogP contribution in [0.3, 0.4) is 0 Å². The van der Waals surface area contributed by atoms with Gasteiger partial charge in [-0.15, -0.1) is 0 Å². The van der Waals surface area contributed by atoms with Gasteiger partial charge in [0, 0.05) is 82.2 Å². The number of aromatic hydroxyl groups is 2. The first-order valence-electron chi connectivity index (χ1n) is 44.0. The van der Waals surface area contributed by atoms with Crippen molar-refractivity contribution in [3.63, 3.8) is 0 Å². The summed E-state index contributed by atoms with van der Waals surface area (Å²) in [5, 5.41) is 111. The van der Waals surface area contributed by atoms with Gasteiger partial charge < -0.3 is 88.9 Å². The van der Waals surface area contributed by atoms with Gasteiger partial charge in [-0.1, -0.05) is 107 Å². The van der Waals surface area contributed by atoms with Crippen LogP contribution in [-0.2, 0) is 110 Å². The molecule has 3 aromatic carbocycles. The number of Topliss-reactive ketones (excluding diaryl/α,β-unsaturated/α-hetero) is 8. The number of aliphatic hydroxyl groups excluding tert-OH is 4. The van der Waals surface area contributed by atoms with Crippen molar-refractivity contribution in [2.24, 2.45) is 64.4 Å². The number of rotatable bonds is 65. The number of phenols is 2. The van der Waals surface area contributed by atoms with Crippen LogP contribution in [0.25, 0.3) is 0 Å². The number of carbonyl (C=O) groups excluding carboxylic acids is 17. The van der Waals surface area contributed by atoms with E-state index in [1.807, 2.05) is 0 Å². The van der Waals surface area contributed by atoms with Crippen LogP contribution in [0, 0.1) is 58.7 Å². The summed E-state index contributed by atoms with van der Waals surface area (Å²) in [6.45, 7) is 10.6. The second kappa shape index (κ2) is 55.7. The lowest BCUT2D eigenvalue weighted by atomic mass is 9.77. The smallest absolute Gasteiger partial charge is 0.304 e. The quantitative estimate of drug-likeness (QED) is 0.0285. The minimum absolute atomic E-state index is 0.0223. The molecule has 39 heteroatoms. The number of benzene rings is 3. The van der Waals surface area contributed by atoms with Gasteiger partial charge in [0.25, 0.3) is 5.24 Å². The van der Waals surface area contributed by atoms with Gasteiger partial charge in [0.1, 0.15) is 29.1 Å². The first kappa shape index (κ1) is 112. The third-order valence-corrected chi connectivity index (χ3v) is 24.0. The van der Waals surface area contributed by atoms with Crippen LogP contribution >= 0.6 is 11.8 Å². The molecule has 722 valence electrons. The molecule has 3 aromatic rings. The molecule has 38 nitrogen and oxygen atoms in total. The maximum absolute atomic E-state index is 14.8. The number of nitrogens with zero attached hydrogens (tertiary/aromatic N) is 1. The van der Waals surface area contributed by atoms with Crippen molar-refractivity contribution >= 4 is 128 Å². The molecule has 1 aliphatic heterocycles. The van der Waals surface area contributed by atoms with Crippen LogP contribution in [0.5, 0.6) is 11.5 Å². The summed E-state index contributed by atoms with van der Waals surface area (Å²) in [5.74, 6) is -31.2. The zero-order chi connectivity index (χ0) is 98.3. The van der Waals surface area contributed by atoms with Crippen molar-refractivity contribution < 1.29 is 142 Å². The number of amides is 9. The fourth-order valence-electron chi connectivity index (χ4n) is 14.8. The highest BCUT2D eigenvalue weighted by Gasteiger charge is 2.43. The summed E-state index contributed by atoms with van der Waals surface area (Å²) >= 11 is 0.806. The van der Waals surface area contributed by atoms with E-state index in [0.717, 1.165) is 30.5 Å². The van der Waals surface area contributed by atoms with Gasteiger partial charge in [-0.2, -0.15) is 0 Å². The molecule has 0 aliphatic carbocycles. The molecule has 0 aromatic heterocycles. The Morgan fingerprint density at radius 1 is 0.458 bits per heavy atom. The molecule has 1 aliphatic rings. The summed E-state index contributed by atoms with van der Waals surface area (Å²) in [6, 6.07) is 10.3. The summed E-state index contributed by atoms with van der Waals surface area (Å²) in [5.41, 5.74) is 5.03. The number of phenolic OH excluding ortho intramolecular Hbond substituents is 2. The SMILES string of the molecule is CC[C@H](C)[C@H](NC(=O)[C@H](CO)CC(=O)[C@H](Cc1ccc(O)cc1)NC(=O)[C@H](CC(=O)O)CC(=O)[C@H](CO)NC(=O)[C@@H](CC(=O)[C@H](Cc1ccccc1)NC(=O)[C@@H](CC(=O)CNC(=O)[C@H](CCC(=O)O)CC(=O)C(C)(C)C(=O)CCCN1C(=O)CSC1=O)[C@@H](C)O)[C@@H](C)O)C(=O)C[C@@H](Cc1ccc(O)cc1)C(=O)N[C@@H](CC(C)C)C(=O)C[C@@H](CC(=O)O)C(=O)N[C@H](C)CCCCN. The predicted molar refractivity (Wildman–Crippen MR) is 474 cm³/mol. The van der Waals surface area contributed by atoms with Gasteiger partial charge in [-0.25, -0.2) is 0 Å². The van der Waals surface area contributed by atoms with Gasteiger partial charge in [0.2, 0.25) is 47.3 Å². The van der Waals surface area contributed by atoms with E-state index < -0.39 is 315 Å². The molecule has 16 atom stereocenters. The van der Waals surface area contributed by atoms with Gasteiger partial charge in [-0.3, -0.25) is 101 Å². The molecule has 0 spiro atoms. The average Bonchev–Trinajstić information content (AvgIpc) is 1.65. The highest BCUT2D eigenvalue weighted by molar-refractivity contribution is 8.14. The monoisotopic (exact) mass is 1860 g/mol. The maximum atomic E-state index is 14.8. The topological polar surface area (TPSA) is 637 Å². The Kier molecular flexibility index (Phi) is 47.6. The molecule has 0 bridgehead atoms. The van der Waals surface area contributed by atoms with E-state index in [1.165, 1.54) is 62.4 Å². The number of hydrogen-bond acceptors (Lipinski definition) is 28. The molecule has 1 fully saturated rings. The minimum atomic E-state index is -2.00. The van der Waals surface area contributed by atoms with Crippen molar-refractivity contribution in [3.05, 3.63) is 95.6 Å². The van der Waals surface area contributed by atoms with E-state index in [9.17, 15) is 142 Å². The standard InChI is InChI=1S/C92H129N9O29S/c1-10-51(4)83(76(113)39-59(34-56-21-26-63(106)27-22-56)86(125)96-68(33-50(2)3)72(109)37-60(42-81(119)120)85(124)95-52(5)17-14-15-31-93)100-88(127)62(47-102)40-73(110)69(36-57-23-28-64(107)29-24-57)97-87(126)61(43-82(121)122)38-74(111)71(48-103)99-90(129)67(54(7)105)45-75(112)70(35-55-18-12-11-13-19-55)98-89(128)66(53(6)104)44-65(108)46-94-84(123)58(25-30-80(117)118)41-78(115)92(8,9)77(114)20-16-32-101-79(116)49-131-91(101)130/h11-13,18-19,21-24,26-29,50-54,58-62,66-71,83,102-107H,10,14-17,20,25,30-49,93H2,1-9H3,(H,94,123)(H,95,124)(H,96,125)(H,97,126)(H,98,128)(H,99,129)(H,100,127)(H,117,118)(H,119,120)(H,121,122)/t51-,52+,53+,54+,58+,59+,60-,61-,62-,66-,67-,68-,69-,70-,71-,83-/m0/s1. The largest absolute Gasteiger partial charge is 0.508 e. The number of nitrogens with two attached hydrogens (primary N) is 1. The number of carboxylic acid groups (broad SMARTS) is 3. The zero-order valence-electron chi connectivity index (χ0n) is 75.5. The van der Waals surface area contributed by atoms with Crippen molar-refractivity contribution in [2.45, 2.75) is 246 Å². The van der Waals surface area contributed by atoms with E-state index in [4.69, 9.17) is 5.73 Å². The molecule has 1 saturated heterocycles. The van der Waals surface area contributed by atoms with E-state index in [-0.39, 0.29) is 73.8 Å². The van der Waals surface area contributed by atoms with E-state index >= 15 is 0 Å². The molecular weight excluding hydrogens is 1730 g/mol. The van der Waals surface area contributed by atoms with E-state index in [1.54, 1.807) is 65.0 Å². The fourth-order valence-corrected chi connectivity index (χ4v) is 15.6. The number of thioether (sulfide) groups is 1. The van der Waals surface area contributed by atoms with Crippen LogP contribution in [0.15, 0.2) is 78.9 Å².